The van der Waals surface area contributed by atoms with Crippen LogP contribution in [0, 0.1) is 0 Å². The molecule has 0 unspecified atom stereocenters. The van der Waals surface area contributed by atoms with E-state index in [1.54, 1.807) is 29.5 Å². The van der Waals surface area contributed by atoms with Crippen LogP contribution in [-0.4, -0.2) is 63.4 Å². The summed E-state index contributed by atoms with van der Waals surface area (Å²) in [6.07, 6.45) is 1.52. The highest BCUT2D eigenvalue weighted by atomic mass is 32.2. The van der Waals surface area contributed by atoms with E-state index in [0.717, 1.165) is 15.4 Å². The van der Waals surface area contributed by atoms with Gasteiger partial charge >= 0.3 is 0 Å². The molecule has 1 aliphatic heterocycles. The first-order chi connectivity index (χ1) is 18.9. The number of rotatable bonds is 13. The number of thiophene rings is 1. The Labute approximate surface area is 232 Å². The Kier molecular flexibility index (Phi) is 10.1. The molecule has 0 fully saturated rings. The molecule has 0 saturated carbocycles. The predicted octanol–water partition coefficient (Wildman–Crippen LogP) is 3.49. The summed E-state index contributed by atoms with van der Waals surface area (Å²) in [7, 11) is -2.37. The van der Waals surface area contributed by atoms with E-state index in [-0.39, 0.29) is 48.8 Å². The summed E-state index contributed by atoms with van der Waals surface area (Å²) in [6.45, 7) is -0.0708. The number of carbonyl (C=O) groups excluding carboxylic acids is 1. The van der Waals surface area contributed by atoms with Crippen LogP contribution in [0.15, 0.2) is 88.2 Å². The number of hydrogen-bond acceptors (Lipinski definition) is 8. The molecule has 3 aromatic rings. The van der Waals surface area contributed by atoms with Gasteiger partial charge in [0.25, 0.3) is 5.91 Å². The first-order valence-corrected chi connectivity index (χ1v) is 14.9. The summed E-state index contributed by atoms with van der Waals surface area (Å²) in [5.74, 6) is 0.258. The van der Waals surface area contributed by atoms with Crippen LogP contribution < -0.4 is 10.1 Å². The van der Waals surface area contributed by atoms with E-state index in [1.165, 1.54) is 19.2 Å². The highest BCUT2D eigenvalue weighted by molar-refractivity contribution is 7.89. The lowest BCUT2D eigenvalue weighted by Crippen LogP contribution is -2.38. The Hall–Kier alpha value is -3.22. The van der Waals surface area contributed by atoms with E-state index in [0.29, 0.717) is 18.7 Å². The van der Waals surface area contributed by atoms with E-state index in [9.17, 15) is 18.3 Å². The van der Waals surface area contributed by atoms with E-state index >= 15 is 0 Å². The van der Waals surface area contributed by atoms with Crippen LogP contribution in [0.4, 0.5) is 0 Å². The number of allylic oxidation sites excluding steroid dienone is 1. The largest absolute Gasteiger partial charge is 0.497 e. The Morgan fingerprint density at radius 2 is 1.90 bits per heavy atom. The SMILES string of the molecule is COc1ccc(S(=O)(=O)N(CCO)CCO[C@H]2C[C@@H](c3ccsc3)C=C(C(=O)NCc3ccccc3)O2)cc1. The van der Waals surface area contributed by atoms with E-state index in [4.69, 9.17) is 14.2 Å². The lowest BCUT2D eigenvalue weighted by molar-refractivity contribution is -0.146. The van der Waals surface area contributed by atoms with Crippen LogP contribution in [0.2, 0.25) is 0 Å². The summed E-state index contributed by atoms with van der Waals surface area (Å²) in [5, 5.41) is 16.4. The highest BCUT2D eigenvalue weighted by Gasteiger charge is 2.30. The molecular weight excluding hydrogens is 540 g/mol. The number of sulfonamides is 1. The van der Waals surface area contributed by atoms with Gasteiger partial charge < -0.3 is 24.6 Å². The molecule has 2 N–H and O–H groups in total. The smallest absolute Gasteiger partial charge is 0.286 e. The van der Waals surface area contributed by atoms with Gasteiger partial charge in [0.1, 0.15) is 5.75 Å². The van der Waals surface area contributed by atoms with Gasteiger partial charge in [-0.25, -0.2) is 8.42 Å². The molecule has 1 aliphatic rings. The number of nitrogens with one attached hydrogen (secondary N) is 1. The molecule has 39 heavy (non-hydrogen) atoms. The zero-order valence-electron chi connectivity index (χ0n) is 21.6. The number of ether oxygens (including phenoxy) is 3. The van der Waals surface area contributed by atoms with Crippen molar-refractivity contribution in [3.8, 4) is 5.75 Å². The van der Waals surface area contributed by atoms with Gasteiger partial charge in [-0.1, -0.05) is 30.3 Å². The molecule has 9 nitrogen and oxygen atoms in total. The van der Waals surface area contributed by atoms with Gasteiger partial charge in [0.2, 0.25) is 16.3 Å². The maximum Gasteiger partial charge on any atom is 0.286 e. The molecule has 1 amide bonds. The van der Waals surface area contributed by atoms with Crippen LogP contribution >= 0.6 is 11.3 Å². The van der Waals surface area contributed by atoms with Crippen LogP contribution in [0.3, 0.4) is 0 Å². The molecule has 2 atom stereocenters. The van der Waals surface area contributed by atoms with Gasteiger partial charge in [-0.05, 0) is 58.3 Å². The second-order valence-electron chi connectivity index (χ2n) is 8.82. The van der Waals surface area contributed by atoms with Crippen LogP contribution in [0.5, 0.6) is 5.75 Å². The maximum atomic E-state index is 13.2. The Morgan fingerprint density at radius 1 is 1.13 bits per heavy atom. The highest BCUT2D eigenvalue weighted by Crippen LogP contribution is 2.32. The molecule has 4 rings (SSSR count). The normalized spacial score (nSPS) is 17.4. The van der Waals surface area contributed by atoms with Crippen molar-refractivity contribution in [2.75, 3.05) is 33.4 Å². The molecule has 2 aromatic carbocycles. The molecule has 0 aliphatic carbocycles. The van der Waals surface area contributed by atoms with Crippen molar-refractivity contribution < 1.29 is 32.5 Å². The number of nitrogens with zero attached hydrogens (tertiary/aromatic N) is 1. The second kappa shape index (κ2) is 13.7. The predicted molar refractivity (Wildman–Crippen MR) is 148 cm³/mol. The number of benzene rings is 2. The molecule has 0 spiro atoms. The lowest BCUT2D eigenvalue weighted by atomic mass is 9.95. The summed E-state index contributed by atoms with van der Waals surface area (Å²) in [6, 6.07) is 17.6. The standard InChI is InChI=1S/C28H32N2O7S2/c1-35-24-7-9-25(10-8-24)39(33,34)30(12-14-31)13-15-36-27-18-23(22-11-16-38-20-22)17-26(37-27)28(32)29-19-21-5-3-2-4-6-21/h2-11,16-17,20,23,27,31H,12-15,18-19H2,1H3,(H,29,32)/t23-,27+/m0/s1. The van der Waals surface area contributed by atoms with Crippen molar-refractivity contribution in [3.05, 3.63) is 94.4 Å². The van der Waals surface area contributed by atoms with Crippen molar-refractivity contribution >= 4 is 27.3 Å². The quantitative estimate of drug-likeness (QED) is 0.322. The zero-order chi connectivity index (χ0) is 27.7. The maximum absolute atomic E-state index is 13.2. The minimum atomic E-state index is -3.87. The van der Waals surface area contributed by atoms with E-state index in [2.05, 4.69) is 5.32 Å². The van der Waals surface area contributed by atoms with Crippen molar-refractivity contribution in [1.29, 1.82) is 0 Å². The van der Waals surface area contributed by atoms with Gasteiger partial charge in [0, 0.05) is 32.0 Å². The van der Waals surface area contributed by atoms with Crippen LogP contribution in [0.25, 0.3) is 0 Å². The summed E-state index contributed by atoms with van der Waals surface area (Å²) in [5.41, 5.74) is 2.01. The number of aliphatic hydroxyl groups is 1. The monoisotopic (exact) mass is 572 g/mol. The Bertz CT molecular complexity index is 1330. The van der Waals surface area contributed by atoms with Crippen molar-refractivity contribution in [2.24, 2.45) is 0 Å². The minimum Gasteiger partial charge on any atom is -0.497 e. The fourth-order valence-corrected chi connectivity index (χ4v) is 6.29. The summed E-state index contributed by atoms with van der Waals surface area (Å²) in [4.78, 5) is 13.0. The van der Waals surface area contributed by atoms with Gasteiger partial charge in [-0.15, -0.1) is 0 Å². The van der Waals surface area contributed by atoms with Crippen LogP contribution in [0.1, 0.15) is 23.5 Å². The van der Waals surface area contributed by atoms with Crippen molar-refractivity contribution in [2.45, 2.75) is 30.1 Å². The Balaban J connectivity index is 1.41. The molecule has 0 saturated heterocycles. The number of hydrogen-bond donors (Lipinski definition) is 2. The number of carbonyl (C=O) groups is 1. The summed E-state index contributed by atoms with van der Waals surface area (Å²) >= 11 is 1.57. The van der Waals surface area contributed by atoms with Gasteiger partial charge in [-0.2, -0.15) is 15.6 Å². The number of amides is 1. The molecule has 11 heteroatoms. The first kappa shape index (κ1) is 28.8. The number of aliphatic hydroxyl groups excluding tert-OH is 1. The topological polar surface area (TPSA) is 114 Å². The molecular formula is C28H32N2O7S2. The van der Waals surface area contributed by atoms with Crippen molar-refractivity contribution in [1.82, 2.24) is 9.62 Å². The van der Waals surface area contributed by atoms with Gasteiger partial charge in [-0.3, -0.25) is 4.79 Å². The minimum absolute atomic E-state index is 0.00283. The lowest BCUT2D eigenvalue weighted by Gasteiger charge is -2.30. The average Bonchev–Trinajstić information content (AvgIpc) is 3.51. The van der Waals surface area contributed by atoms with Gasteiger partial charge in [0.15, 0.2) is 5.76 Å². The van der Waals surface area contributed by atoms with E-state index in [1.807, 2.05) is 47.2 Å². The van der Waals surface area contributed by atoms with E-state index < -0.39 is 16.3 Å². The molecule has 1 aromatic heterocycles. The third-order valence-electron chi connectivity index (χ3n) is 6.24. The Morgan fingerprint density at radius 3 is 2.56 bits per heavy atom. The number of methoxy groups -OCH3 is 1. The average molecular weight is 573 g/mol. The van der Waals surface area contributed by atoms with Crippen LogP contribution in [-0.2, 0) is 30.8 Å². The van der Waals surface area contributed by atoms with Crippen molar-refractivity contribution in [3.63, 3.8) is 0 Å². The fraction of sp³-hybridized carbons (Fsp3) is 0.321. The first-order valence-electron chi connectivity index (χ1n) is 12.5. The molecule has 2 heterocycles. The molecule has 0 radical (unpaired) electrons. The van der Waals surface area contributed by atoms with Gasteiger partial charge in [0.05, 0.1) is 25.2 Å². The third-order valence-corrected chi connectivity index (χ3v) is 8.85. The molecule has 208 valence electrons. The summed E-state index contributed by atoms with van der Waals surface area (Å²) < 4.78 is 44.5. The zero-order valence-corrected chi connectivity index (χ0v) is 23.2. The molecule has 0 bridgehead atoms. The second-order valence-corrected chi connectivity index (χ2v) is 11.5. The fourth-order valence-electron chi connectivity index (χ4n) is 4.15. The third kappa shape index (κ3) is 7.68.